The zero-order valence-corrected chi connectivity index (χ0v) is 18.5. The second kappa shape index (κ2) is 9.14. The first-order chi connectivity index (χ1) is 15.6. The molecule has 2 aromatic rings. The largest absolute Gasteiger partial charge is 0.328 e. The minimum Gasteiger partial charge on any atom is -0.328 e. The third-order valence-electron chi connectivity index (χ3n) is 7.34. The molecule has 7 heteroatoms. The number of aromatic amines is 1. The summed E-state index contributed by atoms with van der Waals surface area (Å²) in [4.78, 5) is 37.9. The van der Waals surface area contributed by atoms with Gasteiger partial charge in [-0.2, -0.15) is 0 Å². The molecule has 3 heterocycles. The van der Waals surface area contributed by atoms with Crippen molar-refractivity contribution in [2.75, 3.05) is 19.6 Å². The van der Waals surface area contributed by atoms with Crippen LogP contribution >= 0.6 is 0 Å². The number of halogens is 1. The zero-order chi connectivity index (χ0) is 22.1. The van der Waals surface area contributed by atoms with Gasteiger partial charge < -0.3 is 9.88 Å². The van der Waals surface area contributed by atoms with Crippen LogP contribution in [0.4, 0.5) is 4.39 Å². The molecular formula is C25H31FN4O2. The average molecular weight is 439 g/mol. The van der Waals surface area contributed by atoms with Crippen LogP contribution in [0, 0.1) is 11.7 Å². The lowest BCUT2D eigenvalue weighted by molar-refractivity contribution is 0.0724. The number of benzene rings is 1. The van der Waals surface area contributed by atoms with E-state index in [0.717, 1.165) is 49.5 Å². The van der Waals surface area contributed by atoms with Crippen LogP contribution in [0.5, 0.6) is 0 Å². The maximum atomic E-state index is 14.2. The average Bonchev–Trinajstić information content (AvgIpc) is 3.30. The van der Waals surface area contributed by atoms with Gasteiger partial charge in [0.1, 0.15) is 11.6 Å². The highest BCUT2D eigenvalue weighted by atomic mass is 19.1. The van der Waals surface area contributed by atoms with Crippen LogP contribution in [-0.2, 0) is 13.0 Å². The van der Waals surface area contributed by atoms with Crippen molar-refractivity contribution in [3.63, 3.8) is 0 Å². The Labute approximate surface area is 187 Å². The molecule has 1 atom stereocenters. The van der Waals surface area contributed by atoms with E-state index in [4.69, 9.17) is 4.98 Å². The minimum atomic E-state index is -0.520. The fourth-order valence-electron chi connectivity index (χ4n) is 5.63. The molecule has 0 spiro atoms. The third-order valence-corrected chi connectivity index (χ3v) is 7.34. The van der Waals surface area contributed by atoms with Crippen molar-refractivity contribution >= 4 is 5.91 Å². The monoisotopic (exact) mass is 438 g/mol. The molecule has 0 radical (unpaired) electrons. The molecule has 1 saturated heterocycles. The van der Waals surface area contributed by atoms with Gasteiger partial charge in [0, 0.05) is 32.6 Å². The number of hydrogen-bond acceptors (Lipinski definition) is 4. The molecule has 2 fully saturated rings. The van der Waals surface area contributed by atoms with E-state index in [9.17, 15) is 14.0 Å². The molecule has 32 heavy (non-hydrogen) atoms. The highest BCUT2D eigenvalue weighted by Gasteiger charge is 2.34. The van der Waals surface area contributed by atoms with Crippen molar-refractivity contribution in [3.8, 4) is 0 Å². The van der Waals surface area contributed by atoms with Crippen molar-refractivity contribution in [2.24, 2.45) is 5.92 Å². The second-order valence-corrected chi connectivity index (χ2v) is 9.50. The maximum Gasteiger partial charge on any atom is 0.257 e. The Kier molecular flexibility index (Phi) is 6.09. The summed E-state index contributed by atoms with van der Waals surface area (Å²) in [6.45, 7) is 3.17. The molecule has 170 valence electrons. The van der Waals surface area contributed by atoms with Crippen LogP contribution in [-0.4, -0.2) is 45.3 Å². The zero-order valence-electron chi connectivity index (χ0n) is 18.5. The molecule has 0 unspecified atom stereocenters. The van der Waals surface area contributed by atoms with Crippen LogP contribution in [0.3, 0.4) is 0 Å². The van der Waals surface area contributed by atoms with Crippen LogP contribution in [0.2, 0.25) is 0 Å². The first-order valence-corrected chi connectivity index (χ1v) is 12.0. The molecule has 1 N–H and O–H groups in total. The first-order valence-electron chi connectivity index (χ1n) is 12.0. The number of nitrogens with one attached hydrogen (secondary N) is 1. The van der Waals surface area contributed by atoms with Crippen LogP contribution < -0.4 is 5.56 Å². The number of likely N-dealkylation sites (tertiary alicyclic amines) is 1. The number of carbonyl (C=O) groups excluding carboxylic acids is 1. The standard InChI is InChI=1S/C25H31FN4O2/c26-20-10-5-4-9-18(20)25(32)30-13-6-11-22(30)23-27-21-12-14-29(16-19(21)24(31)28-23)15-17-7-2-1-3-8-17/h4-5,9-10,17,22H,1-3,6-8,11-16H2,(H,27,28,31)/t22-/m1/s1. The Hall–Kier alpha value is -2.54. The van der Waals surface area contributed by atoms with Gasteiger partial charge in [0.25, 0.3) is 11.5 Å². The smallest absolute Gasteiger partial charge is 0.257 e. The Morgan fingerprint density at radius 1 is 1.09 bits per heavy atom. The lowest BCUT2D eigenvalue weighted by Crippen LogP contribution is -2.40. The summed E-state index contributed by atoms with van der Waals surface area (Å²) < 4.78 is 14.2. The molecular weight excluding hydrogens is 407 g/mol. The number of nitrogens with zero attached hydrogens (tertiary/aromatic N) is 3. The molecule has 0 bridgehead atoms. The highest BCUT2D eigenvalue weighted by Crippen LogP contribution is 2.32. The number of H-pyrrole nitrogens is 1. The molecule has 5 rings (SSSR count). The van der Waals surface area contributed by atoms with E-state index >= 15 is 0 Å². The molecule has 6 nitrogen and oxygen atoms in total. The predicted octanol–water partition coefficient (Wildman–Crippen LogP) is 3.82. The van der Waals surface area contributed by atoms with Crippen molar-refractivity contribution in [3.05, 3.63) is 63.1 Å². The lowest BCUT2D eigenvalue weighted by atomic mass is 9.88. The predicted molar refractivity (Wildman–Crippen MR) is 120 cm³/mol. The van der Waals surface area contributed by atoms with Crippen LogP contribution in [0.1, 0.15) is 78.4 Å². The van der Waals surface area contributed by atoms with Crippen molar-refractivity contribution in [1.82, 2.24) is 19.8 Å². The molecule has 1 amide bonds. The number of rotatable bonds is 4. The number of carbonyl (C=O) groups is 1. The van der Waals surface area contributed by atoms with Crippen LogP contribution in [0.15, 0.2) is 29.1 Å². The van der Waals surface area contributed by atoms with Gasteiger partial charge in [0.2, 0.25) is 0 Å². The Balaban J connectivity index is 1.34. The van der Waals surface area contributed by atoms with E-state index < -0.39 is 5.82 Å². The summed E-state index contributed by atoms with van der Waals surface area (Å²) in [5, 5.41) is 0. The van der Waals surface area contributed by atoms with Crippen molar-refractivity contribution in [1.29, 1.82) is 0 Å². The summed E-state index contributed by atoms with van der Waals surface area (Å²) in [6, 6.07) is 5.74. The Morgan fingerprint density at radius 3 is 2.72 bits per heavy atom. The molecule has 1 aromatic heterocycles. The number of hydrogen-bond donors (Lipinski definition) is 1. The van der Waals surface area contributed by atoms with E-state index in [1.807, 2.05) is 0 Å². The number of amides is 1. The molecule has 1 saturated carbocycles. The van der Waals surface area contributed by atoms with Gasteiger partial charge in [-0.3, -0.25) is 14.5 Å². The molecule has 3 aliphatic rings. The van der Waals surface area contributed by atoms with Crippen LogP contribution in [0.25, 0.3) is 0 Å². The Bertz CT molecular complexity index is 1050. The second-order valence-electron chi connectivity index (χ2n) is 9.50. The van der Waals surface area contributed by atoms with Crippen molar-refractivity contribution in [2.45, 2.75) is 64.0 Å². The van der Waals surface area contributed by atoms with E-state index in [2.05, 4.69) is 9.88 Å². The van der Waals surface area contributed by atoms with E-state index in [0.29, 0.717) is 18.9 Å². The molecule has 2 aliphatic heterocycles. The van der Waals surface area contributed by atoms with E-state index in [1.54, 1.807) is 17.0 Å². The SMILES string of the molecule is O=C(c1ccccc1F)N1CCC[C@@H]1c1nc2c(c(=O)[nH]1)CN(CC1CCCCC1)CC2. The van der Waals surface area contributed by atoms with Gasteiger partial charge in [-0.15, -0.1) is 0 Å². The van der Waals surface area contributed by atoms with Gasteiger partial charge in [-0.1, -0.05) is 31.4 Å². The summed E-state index contributed by atoms with van der Waals surface area (Å²) in [7, 11) is 0. The molecule has 1 aliphatic carbocycles. The normalized spacial score (nSPS) is 22.2. The van der Waals surface area contributed by atoms with Gasteiger partial charge in [0.05, 0.1) is 22.9 Å². The number of aromatic nitrogens is 2. The summed E-state index contributed by atoms with van der Waals surface area (Å²) in [6.07, 6.45) is 8.87. The fourth-order valence-corrected chi connectivity index (χ4v) is 5.63. The maximum absolute atomic E-state index is 14.2. The number of fused-ring (bicyclic) bond motifs is 1. The lowest BCUT2D eigenvalue weighted by Gasteiger charge is -2.33. The fraction of sp³-hybridized carbons (Fsp3) is 0.560. The van der Waals surface area contributed by atoms with Gasteiger partial charge in [0.15, 0.2) is 0 Å². The topological polar surface area (TPSA) is 69.3 Å². The minimum absolute atomic E-state index is 0.0676. The van der Waals surface area contributed by atoms with Crippen molar-refractivity contribution < 1.29 is 9.18 Å². The quantitative estimate of drug-likeness (QED) is 0.788. The van der Waals surface area contributed by atoms with Gasteiger partial charge >= 0.3 is 0 Å². The summed E-state index contributed by atoms with van der Waals surface area (Å²) in [5.74, 6) is 0.419. The molecule has 1 aromatic carbocycles. The summed E-state index contributed by atoms with van der Waals surface area (Å²) >= 11 is 0. The summed E-state index contributed by atoms with van der Waals surface area (Å²) in [5.41, 5.74) is 1.59. The van der Waals surface area contributed by atoms with E-state index in [-0.39, 0.29) is 23.1 Å². The Morgan fingerprint density at radius 2 is 1.91 bits per heavy atom. The van der Waals surface area contributed by atoms with Gasteiger partial charge in [-0.25, -0.2) is 9.37 Å². The van der Waals surface area contributed by atoms with E-state index in [1.165, 1.54) is 44.2 Å². The highest BCUT2D eigenvalue weighted by molar-refractivity contribution is 5.94. The first kappa shape index (κ1) is 21.3. The third kappa shape index (κ3) is 4.22. The van der Waals surface area contributed by atoms with Gasteiger partial charge in [-0.05, 0) is 43.7 Å².